The molecule has 0 saturated heterocycles. The summed E-state index contributed by atoms with van der Waals surface area (Å²) in [6.07, 6.45) is 0. The van der Waals surface area contributed by atoms with Crippen molar-refractivity contribution in [2.45, 2.75) is 19.8 Å². The van der Waals surface area contributed by atoms with Crippen LogP contribution in [-0.2, 0) is 0 Å². The molecule has 1 aromatic rings. The second kappa shape index (κ2) is 3.62. The molecule has 2 heteroatoms. The molecule has 0 bridgehead atoms. The third kappa shape index (κ3) is 1.40. The summed E-state index contributed by atoms with van der Waals surface area (Å²) in [6.45, 7) is 5.79. The second-order valence-electron chi connectivity index (χ2n) is 4.09. The zero-order chi connectivity index (χ0) is 10.1. The molecule has 14 heavy (non-hydrogen) atoms. The highest BCUT2D eigenvalue weighted by Crippen LogP contribution is 2.38. The summed E-state index contributed by atoms with van der Waals surface area (Å²) < 4.78 is 5.75. The van der Waals surface area contributed by atoms with Crippen molar-refractivity contribution in [1.82, 2.24) is 0 Å². The molecule has 76 valence electrons. The lowest BCUT2D eigenvalue weighted by Crippen LogP contribution is -2.30. The molecule has 0 aromatic heterocycles. The van der Waals surface area contributed by atoms with Crippen molar-refractivity contribution in [2.75, 3.05) is 13.2 Å². The van der Waals surface area contributed by atoms with Crippen LogP contribution < -0.4 is 10.5 Å². The highest BCUT2D eigenvalue weighted by Gasteiger charge is 2.26. The highest BCUT2D eigenvalue weighted by molar-refractivity contribution is 5.44. The predicted octanol–water partition coefficient (Wildman–Crippen LogP) is 2.07. The van der Waals surface area contributed by atoms with Crippen LogP contribution >= 0.6 is 0 Å². The zero-order valence-electron chi connectivity index (χ0n) is 8.79. The van der Waals surface area contributed by atoms with E-state index in [2.05, 4.69) is 32.0 Å². The van der Waals surface area contributed by atoms with Gasteiger partial charge in [0.15, 0.2) is 0 Å². The summed E-state index contributed by atoms with van der Waals surface area (Å²) in [6, 6.07) is 6.33. The molecule has 0 saturated carbocycles. The van der Waals surface area contributed by atoms with Crippen LogP contribution in [0.5, 0.6) is 5.75 Å². The number of aryl methyl sites for hydroxylation is 1. The molecule has 1 heterocycles. The maximum Gasteiger partial charge on any atom is 0.125 e. The monoisotopic (exact) mass is 191 g/mol. The Hall–Kier alpha value is -1.02. The van der Waals surface area contributed by atoms with E-state index in [4.69, 9.17) is 10.5 Å². The van der Waals surface area contributed by atoms with Gasteiger partial charge in [0.1, 0.15) is 5.75 Å². The second-order valence-corrected chi connectivity index (χ2v) is 4.09. The Morgan fingerprint density at radius 2 is 2.29 bits per heavy atom. The highest BCUT2D eigenvalue weighted by atomic mass is 16.5. The Kier molecular flexibility index (Phi) is 2.46. The van der Waals surface area contributed by atoms with Gasteiger partial charge in [-0.25, -0.2) is 0 Å². The number of benzene rings is 1. The van der Waals surface area contributed by atoms with Crippen LogP contribution in [-0.4, -0.2) is 13.2 Å². The molecule has 0 aliphatic carbocycles. The van der Waals surface area contributed by atoms with E-state index in [-0.39, 0.29) is 0 Å². The molecular weight excluding hydrogens is 174 g/mol. The van der Waals surface area contributed by atoms with Crippen molar-refractivity contribution in [2.24, 2.45) is 11.7 Å². The molecule has 2 atom stereocenters. The van der Waals surface area contributed by atoms with Gasteiger partial charge in [0, 0.05) is 5.92 Å². The molecule has 1 aliphatic rings. The van der Waals surface area contributed by atoms with Gasteiger partial charge in [0.2, 0.25) is 0 Å². The van der Waals surface area contributed by atoms with Crippen molar-refractivity contribution in [1.29, 1.82) is 0 Å². The van der Waals surface area contributed by atoms with Gasteiger partial charge in [0.25, 0.3) is 0 Å². The maximum atomic E-state index is 5.75. The molecule has 2 rings (SSSR count). The minimum atomic E-state index is 0.462. The molecule has 2 unspecified atom stereocenters. The molecule has 2 nitrogen and oxygen atoms in total. The first-order valence-electron chi connectivity index (χ1n) is 5.16. The lowest BCUT2D eigenvalue weighted by molar-refractivity contribution is 0.202. The van der Waals surface area contributed by atoms with Gasteiger partial charge < -0.3 is 10.5 Å². The Morgan fingerprint density at radius 1 is 1.50 bits per heavy atom. The summed E-state index contributed by atoms with van der Waals surface area (Å²) in [4.78, 5) is 0. The van der Waals surface area contributed by atoms with Crippen molar-refractivity contribution in [3.05, 3.63) is 29.3 Å². The van der Waals surface area contributed by atoms with Gasteiger partial charge in [-0.15, -0.1) is 0 Å². The first kappa shape index (κ1) is 9.53. The van der Waals surface area contributed by atoms with Crippen molar-refractivity contribution in [3.63, 3.8) is 0 Å². The number of rotatable bonds is 1. The molecule has 1 aromatic carbocycles. The number of fused-ring (bicyclic) bond motifs is 1. The number of ether oxygens (including phenoxy) is 1. The molecule has 2 N–H and O–H groups in total. The molecule has 0 amide bonds. The van der Waals surface area contributed by atoms with Crippen molar-refractivity contribution >= 4 is 0 Å². The van der Waals surface area contributed by atoms with Crippen LogP contribution in [0.15, 0.2) is 18.2 Å². The number of para-hydroxylation sites is 1. The smallest absolute Gasteiger partial charge is 0.125 e. The Balaban J connectivity index is 2.41. The largest absolute Gasteiger partial charge is 0.493 e. The fourth-order valence-electron chi connectivity index (χ4n) is 2.09. The number of nitrogens with two attached hydrogens (primary N) is 1. The van der Waals surface area contributed by atoms with Crippen molar-refractivity contribution < 1.29 is 4.74 Å². The minimum Gasteiger partial charge on any atom is -0.493 e. The molecule has 0 spiro atoms. The van der Waals surface area contributed by atoms with E-state index in [9.17, 15) is 0 Å². The Bertz CT molecular complexity index is 335. The van der Waals surface area contributed by atoms with E-state index in [1.54, 1.807) is 0 Å². The summed E-state index contributed by atoms with van der Waals surface area (Å²) in [5.74, 6) is 2.05. The van der Waals surface area contributed by atoms with Gasteiger partial charge >= 0.3 is 0 Å². The number of hydrogen-bond acceptors (Lipinski definition) is 2. The van der Waals surface area contributed by atoms with Crippen LogP contribution in [0.4, 0.5) is 0 Å². The van der Waals surface area contributed by atoms with E-state index >= 15 is 0 Å². The van der Waals surface area contributed by atoms with Gasteiger partial charge in [-0.3, -0.25) is 0 Å². The lowest BCUT2D eigenvalue weighted by atomic mass is 9.85. The first-order chi connectivity index (χ1) is 6.74. The van der Waals surface area contributed by atoms with Crippen LogP contribution in [0.2, 0.25) is 0 Å². The van der Waals surface area contributed by atoms with E-state index < -0.39 is 0 Å². The van der Waals surface area contributed by atoms with Gasteiger partial charge in [-0.2, -0.15) is 0 Å². The van der Waals surface area contributed by atoms with E-state index in [1.165, 1.54) is 11.1 Å². The SMILES string of the molecule is Cc1cccc2c1OCC(CN)C2C. The van der Waals surface area contributed by atoms with E-state index in [0.29, 0.717) is 18.4 Å². The van der Waals surface area contributed by atoms with Crippen LogP contribution in [0.1, 0.15) is 24.0 Å². The Labute approximate surface area is 85.1 Å². The van der Waals surface area contributed by atoms with Gasteiger partial charge in [-0.05, 0) is 30.5 Å². The first-order valence-corrected chi connectivity index (χ1v) is 5.16. The summed E-state index contributed by atoms with van der Waals surface area (Å²) >= 11 is 0. The maximum absolute atomic E-state index is 5.75. The third-order valence-corrected chi connectivity index (χ3v) is 3.18. The topological polar surface area (TPSA) is 35.2 Å². The standard InChI is InChI=1S/C12H17NO/c1-8-4-3-5-11-9(2)10(6-13)7-14-12(8)11/h3-5,9-10H,6-7,13H2,1-2H3. The van der Waals surface area contributed by atoms with Crippen LogP contribution in [0, 0.1) is 12.8 Å². The fourth-order valence-corrected chi connectivity index (χ4v) is 2.09. The van der Waals surface area contributed by atoms with Crippen LogP contribution in [0.3, 0.4) is 0 Å². The number of hydrogen-bond donors (Lipinski definition) is 1. The summed E-state index contributed by atoms with van der Waals surface area (Å²) in [7, 11) is 0. The van der Waals surface area contributed by atoms with Crippen molar-refractivity contribution in [3.8, 4) is 5.75 Å². The normalized spacial score (nSPS) is 25.4. The minimum absolute atomic E-state index is 0.462. The zero-order valence-corrected chi connectivity index (χ0v) is 8.79. The quantitative estimate of drug-likeness (QED) is 0.737. The third-order valence-electron chi connectivity index (χ3n) is 3.18. The van der Waals surface area contributed by atoms with Gasteiger partial charge in [-0.1, -0.05) is 25.1 Å². The van der Waals surface area contributed by atoms with Gasteiger partial charge in [0.05, 0.1) is 6.61 Å². The summed E-state index contributed by atoms with van der Waals surface area (Å²) in [5.41, 5.74) is 8.25. The predicted molar refractivity (Wildman–Crippen MR) is 57.6 cm³/mol. The molecule has 1 aliphatic heterocycles. The molecular formula is C12H17NO. The van der Waals surface area contributed by atoms with E-state index in [0.717, 1.165) is 12.4 Å². The lowest BCUT2D eigenvalue weighted by Gasteiger charge is -2.31. The van der Waals surface area contributed by atoms with Crippen LogP contribution in [0.25, 0.3) is 0 Å². The van der Waals surface area contributed by atoms with E-state index in [1.807, 2.05) is 0 Å². The average molecular weight is 191 g/mol. The summed E-state index contributed by atoms with van der Waals surface area (Å²) in [5, 5.41) is 0. The molecule has 0 radical (unpaired) electrons. The molecule has 0 fully saturated rings. The Morgan fingerprint density at radius 3 is 3.00 bits per heavy atom. The average Bonchev–Trinajstić information content (AvgIpc) is 2.20. The fraction of sp³-hybridized carbons (Fsp3) is 0.500.